The van der Waals surface area contributed by atoms with Crippen LogP contribution >= 0.6 is 0 Å². The van der Waals surface area contributed by atoms with Gasteiger partial charge in [0, 0.05) is 41.3 Å². The molecule has 0 saturated carbocycles. The Morgan fingerprint density at radius 3 is 2.70 bits per heavy atom. The Labute approximate surface area is 157 Å². The van der Waals surface area contributed by atoms with E-state index < -0.39 is 0 Å². The molecular formula is C21H21N5O. The number of fused-ring (bicyclic) bond motifs is 3. The molecule has 0 aliphatic carbocycles. The van der Waals surface area contributed by atoms with Gasteiger partial charge in [0.05, 0.1) is 11.9 Å². The number of pyridine rings is 1. The number of carbonyl (C=O) groups is 1. The van der Waals surface area contributed by atoms with Crippen LogP contribution in [-0.2, 0) is 17.6 Å². The van der Waals surface area contributed by atoms with Crippen molar-refractivity contribution in [2.24, 2.45) is 0 Å². The highest BCUT2D eigenvalue weighted by molar-refractivity contribution is 5.92. The molecule has 6 heteroatoms. The van der Waals surface area contributed by atoms with Gasteiger partial charge < -0.3 is 5.32 Å². The zero-order chi connectivity index (χ0) is 18.8. The summed E-state index contributed by atoms with van der Waals surface area (Å²) < 4.78 is 1.84. The summed E-state index contributed by atoms with van der Waals surface area (Å²) in [5.74, 6) is -0.00637. The highest BCUT2D eigenvalue weighted by Gasteiger charge is 2.16. The van der Waals surface area contributed by atoms with E-state index >= 15 is 0 Å². The van der Waals surface area contributed by atoms with Crippen molar-refractivity contribution < 1.29 is 4.79 Å². The Hall–Kier alpha value is -3.28. The highest BCUT2D eigenvalue weighted by Crippen LogP contribution is 2.22. The van der Waals surface area contributed by atoms with Gasteiger partial charge in [0.25, 0.3) is 0 Å². The molecule has 0 aliphatic rings. The van der Waals surface area contributed by atoms with E-state index in [1.165, 1.54) is 0 Å². The summed E-state index contributed by atoms with van der Waals surface area (Å²) in [6.45, 7) is 4.55. The molecule has 3 heterocycles. The Kier molecular flexibility index (Phi) is 4.54. The van der Waals surface area contributed by atoms with Crippen LogP contribution in [0.4, 0.5) is 0 Å². The first-order chi connectivity index (χ1) is 13.1. The number of rotatable bonds is 5. The zero-order valence-corrected chi connectivity index (χ0v) is 15.4. The molecule has 136 valence electrons. The van der Waals surface area contributed by atoms with Crippen LogP contribution in [0.15, 0.2) is 48.8 Å². The fourth-order valence-electron chi connectivity index (χ4n) is 3.35. The fraction of sp³-hybridized carbons (Fsp3) is 0.238. The fourth-order valence-corrected chi connectivity index (χ4v) is 3.35. The summed E-state index contributed by atoms with van der Waals surface area (Å²) >= 11 is 0. The monoisotopic (exact) mass is 359 g/mol. The van der Waals surface area contributed by atoms with Gasteiger partial charge in [0.2, 0.25) is 5.91 Å². The molecule has 4 aromatic rings. The van der Waals surface area contributed by atoms with Gasteiger partial charge in [-0.15, -0.1) is 0 Å². The van der Waals surface area contributed by atoms with E-state index in [2.05, 4.69) is 15.4 Å². The third-order valence-corrected chi connectivity index (χ3v) is 4.84. The van der Waals surface area contributed by atoms with Gasteiger partial charge in [-0.25, -0.2) is 9.50 Å². The first-order valence-corrected chi connectivity index (χ1v) is 9.02. The van der Waals surface area contributed by atoms with Gasteiger partial charge in [-0.1, -0.05) is 12.1 Å². The third kappa shape index (κ3) is 3.38. The number of carbonyl (C=O) groups excluding carboxylic acids is 1. The summed E-state index contributed by atoms with van der Waals surface area (Å²) in [6, 6.07) is 11.9. The third-order valence-electron chi connectivity index (χ3n) is 4.84. The maximum absolute atomic E-state index is 12.4. The molecule has 1 aromatic carbocycles. The summed E-state index contributed by atoms with van der Waals surface area (Å²) in [5.41, 5.74) is 5.66. The van der Waals surface area contributed by atoms with Crippen molar-refractivity contribution in [3.05, 3.63) is 71.3 Å². The maximum atomic E-state index is 12.4. The van der Waals surface area contributed by atoms with E-state index in [9.17, 15) is 4.79 Å². The molecule has 0 spiro atoms. The van der Waals surface area contributed by atoms with Crippen molar-refractivity contribution in [3.8, 4) is 0 Å². The van der Waals surface area contributed by atoms with E-state index in [1.54, 1.807) is 12.4 Å². The van der Waals surface area contributed by atoms with E-state index in [4.69, 9.17) is 4.98 Å². The zero-order valence-electron chi connectivity index (χ0n) is 15.4. The minimum atomic E-state index is -0.00637. The van der Waals surface area contributed by atoms with Crippen molar-refractivity contribution in [1.82, 2.24) is 24.9 Å². The number of amides is 1. The van der Waals surface area contributed by atoms with Gasteiger partial charge in [0.1, 0.15) is 0 Å². The molecule has 0 bridgehead atoms. The van der Waals surface area contributed by atoms with E-state index in [-0.39, 0.29) is 5.91 Å². The number of nitrogens with one attached hydrogen (secondary N) is 1. The van der Waals surface area contributed by atoms with Crippen LogP contribution < -0.4 is 5.32 Å². The first kappa shape index (κ1) is 17.1. The van der Waals surface area contributed by atoms with Gasteiger partial charge in [-0.3, -0.25) is 9.78 Å². The molecule has 3 aromatic heterocycles. The lowest BCUT2D eigenvalue weighted by Crippen LogP contribution is -2.28. The minimum absolute atomic E-state index is 0.00637. The molecule has 0 aliphatic heterocycles. The van der Waals surface area contributed by atoms with Crippen molar-refractivity contribution in [2.45, 2.75) is 26.7 Å². The maximum Gasteiger partial charge on any atom is 0.224 e. The van der Waals surface area contributed by atoms with E-state index in [1.807, 2.05) is 54.8 Å². The summed E-state index contributed by atoms with van der Waals surface area (Å²) in [6.07, 6.45) is 4.61. The van der Waals surface area contributed by atoms with Crippen LogP contribution in [0, 0.1) is 13.8 Å². The van der Waals surface area contributed by atoms with Gasteiger partial charge in [-0.05, 0) is 50.1 Å². The van der Waals surface area contributed by atoms with E-state index in [0.29, 0.717) is 13.0 Å². The molecule has 1 amide bonds. The van der Waals surface area contributed by atoms with E-state index in [0.717, 1.165) is 45.5 Å². The van der Waals surface area contributed by atoms with Crippen molar-refractivity contribution in [3.63, 3.8) is 0 Å². The molecule has 0 fully saturated rings. The van der Waals surface area contributed by atoms with Gasteiger partial charge in [-0.2, -0.15) is 5.10 Å². The van der Waals surface area contributed by atoms with Crippen LogP contribution in [0.2, 0.25) is 0 Å². The Bertz CT molecular complexity index is 1120. The van der Waals surface area contributed by atoms with Gasteiger partial charge in [0.15, 0.2) is 5.65 Å². The second-order valence-electron chi connectivity index (χ2n) is 6.65. The van der Waals surface area contributed by atoms with Crippen LogP contribution in [0.1, 0.15) is 22.5 Å². The van der Waals surface area contributed by atoms with Crippen LogP contribution in [0.3, 0.4) is 0 Å². The lowest BCUT2D eigenvalue weighted by molar-refractivity contribution is -0.120. The Balaban J connectivity index is 1.53. The second-order valence-corrected chi connectivity index (χ2v) is 6.65. The number of hydrogen-bond acceptors (Lipinski definition) is 4. The second kappa shape index (κ2) is 7.15. The number of aryl methyl sites for hydroxylation is 2. The lowest BCUT2D eigenvalue weighted by atomic mass is 10.1. The summed E-state index contributed by atoms with van der Waals surface area (Å²) in [4.78, 5) is 21.2. The first-order valence-electron chi connectivity index (χ1n) is 9.02. The molecular weight excluding hydrogens is 338 g/mol. The molecule has 0 radical (unpaired) electrons. The smallest absolute Gasteiger partial charge is 0.224 e. The van der Waals surface area contributed by atoms with Crippen LogP contribution in [0.25, 0.3) is 16.6 Å². The largest absolute Gasteiger partial charge is 0.355 e. The molecule has 1 N–H and O–H groups in total. The molecule has 0 unspecified atom stereocenters. The average molecular weight is 359 g/mol. The van der Waals surface area contributed by atoms with Crippen molar-refractivity contribution >= 4 is 22.5 Å². The molecule has 0 atom stereocenters. The summed E-state index contributed by atoms with van der Waals surface area (Å²) in [7, 11) is 0. The average Bonchev–Trinajstić information content (AvgIpc) is 3.05. The Morgan fingerprint density at radius 2 is 1.89 bits per heavy atom. The molecule has 4 rings (SSSR count). The number of nitrogens with zero attached hydrogens (tertiary/aromatic N) is 4. The van der Waals surface area contributed by atoms with Crippen molar-refractivity contribution in [1.29, 1.82) is 0 Å². The minimum Gasteiger partial charge on any atom is -0.355 e. The Morgan fingerprint density at radius 1 is 1.11 bits per heavy atom. The quantitative estimate of drug-likeness (QED) is 0.595. The standard InChI is InChI=1S/C21H21N5O/c1-14-18(13-20(27)23-12-9-16-7-10-22-11-8-16)15(2)26-21(24-14)17-5-3-4-6-19(17)25-26/h3-8,10-11H,9,12-13H2,1-2H3,(H,23,27). The number of benzene rings is 1. The highest BCUT2D eigenvalue weighted by atomic mass is 16.1. The number of hydrogen-bond donors (Lipinski definition) is 1. The predicted octanol–water partition coefficient (Wildman–Crippen LogP) is 2.80. The number of aromatic nitrogens is 4. The molecule has 27 heavy (non-hydrogen) atoms. The SMILES string of the molecule is Cc1nc2c3ccccc3nn2c(C)c1CC(=O)NCCc1ccncc1. The molecule has 6 nitrogen and oxygen atoms in total. The molecule has 0 saturated heterocycles. The summed E-state index contributed by atoms with van der Waals surface area (Å²) in [5, 5.41) is 8.66. The van der Waals surface area contributed by atoms with Crippen LogP contribution in [-0.4, -0.2) is 32.0 Å². The predicted molar refractivity (Wildman–Crippen MR) is 105 cm³/mol. The van der Waals surface area contributed by atoms with Crippen LogP contribution in [0.5, 0.6) is 0 Å². The lowest BCUT2D eigenvalue weighted by Gasteiger charge is -2.11. The topological polar surface area (TPSA) is 72.2 Å². The van der Waals surface area contributed by atoms with Crippen molar-refractivity contribution in [2.75, 3.05) is 6.54 Å². The van der Waals surface area contributed by atoms with Gasteiger partial charge >= 0.3 is 0 Å². The normalized spacial score (nSPS) is 11.2.